The number of benzene rings is 1. The first-order chi connectivity index (χ1) is 14.5. The molecule has 30 heavy (non-hydrogen) atoms. The number of ether oxygens (including phenoxy) is 3. The molecule has 1 heterocycles. The molecule has 158 valence electrons. The molecule has 2 amide bonds. The molecule has 0 saturated carbocycles. The van der Waals surface area contributed by atoms with Gasteiger partial charge < -0.3 is 19.5 Å². The lowest BCUT2D eigenvalue weighted by Crippen LogP contribution is -2.44. The predicted molar refractivity (Wildman–Crippen MR) is 113 cm³/mol. The van der Waals surface area contributed by atoms with Crippen molar-refractivity contribution in [3.05, 3.63) is 40.6 Å². The van der Waals surface area contributed by atoms with Gasteiger partial charge in [-0.15, -0.1) is 17.8 Å². The Morgan fingerprint density at radius 3 is 2.57 bits per heavy atom. The lowest BCUT2D eigenvalue weighted by atomic mass is 10.1. The number of hydrogen-bond acceptors (Lipinski definition) is 7. The summed E-state index contributed by atoms with van der Waals surface area (Å²) >= 11 is 1.27. The lowest BCUT2D eigenvalue weighted by Gasteiger charge is -2.30. The first-order valence-electron chi connectivity index (χ1n) is 8.95. The fourth-order valence-corrected chi connectivity index (χ4v) is 3.52. The first-order valence-corrected chi connectivity index (χ1v) is 9.83. The van der Waals surface area contributed by atoms with Gasteiger partial charge in [0.1, 0.15) is 18.0 Å². The van der Waals surface area contributed by atoms with E-state index in [1.165, 1.54) is 25.6 Å². The van der Waals surface area contributed by atoms with Crippen molar-refractivity contribution in [3.63, 3.8) is 0 Å². The maximum atomic E-state index is 13.1. The second kappa shape index (κ2) is 10.9. The van der Waals surface area contributed by atoms with E-state index in [2.05, 4.69) is 11.2 Å². The lowest BCUT2D eigenvalue weighted by molar-refractivity contribution is -0.143. The zero-order chi connectivity index (χ0) is 22.1. The van der Waals surface area contributed by atoms with E-state index in [4.69, 9.17) is 20.6 Å². The highest BCUT2D eigenvalue weighted by Crippen LogP contribution is 2.38. The Morgan fingerprint density at radius 1 is 1.23 bits per heavy atom. The molecule has 8 nitrogen and oxygen atoms in total. The Balaban J connectivity index is 2.51. The van der Waals surface area contributed by atoms with E-state index in [1.807, 2.05) is 0 Å². The molecule has 0 aliphatic rings. The van der Waals surface area contributed by atoms with Crippen molar-refractivity contribution in [2.45, 2.75) is 13.0 Å². The summed E-state index contributed by atoms with van der Waals surface area (Å²) in [6.45, 7) is 1.51. The maximum absolute atomic E-state index is 13.1. The monoisotopic (exact) mass is 430 g/mol. The second-order valence-corrected chi connectivity index (χ2v) is 6.78. The number of thiophene rings is 1. The molecule has 0 spiro atoms. The smallest absolute Gasteiger partial charge is 0.325 e. The van der Waals surface area contributed by atoms with Gasteiger partial charge in [-0.25, -0.2) is 0 Å². The summed E-state index contributed by atoms with van der Waals surface area (Å²) in [5.74, 6) is 0.924. The maximum Gasteiger partial charge on any atom is 0.325 e. The number of amides is 2. The fourth-order valence-electron chi connectivity index (χ4n) is 2.71. The van der Waals surface area contributed by atoms with Crippen LogP contribution in [-0.2, 0) is 19.1 Å². The van der Waals surface area contributed by atoms with Crippen molar-refractivity contribution >= 4 is 34.8 Å². The zero-order valence-electron chi connectivity index (χ0n) is 16.8. The molecule has 1 unspecified atom stereocenters. The Morgan fingerprint density at radius 2 is 2.00 bits per heavy atom. The van der Waals surface area contributed by atoms with Crippen LogP contribution < -0.4 is 19.7 Å². The number of nitrogens with zero attached hydrogens (tertiary/aromatic N) is 1. The fraction of sp³-hybridized carbons (Fsp3) is 0.286. The van der Waals surface area contributed by atoms with Gasteiger partial charge in [0.05, 0.1) is 26.5 Å². The Kier molecular flexibility index (Phi) is 8.26. The third-order valence-corrected chi connectivity index (χ3v) is 4.94. The van der Waals surface area contributed by atoms with Crippen molar-refractivity contribution < 1.29 is 28.6 Å². The summed E-state index contributed by atoms with van der Waals surface area (Å²) in [6.07, 6.45) is 5.40. The third kappa shape index (κ3) is 5.30. The van der Waals surface area contributed by atoms with Crippen LogP contribution >= 0.6 is 11.3 Å². The molecule has 2 rings (SSSR count). The Labute approximate surface area is 178 Å². The molecule has 1 atom stereocenters. The number of hydrogen-bond donors (Lipinski definition) is 1. The SMILES string of the molecule is C#CC(=O)N(c1ccc(OC)cc1OC)C(C(=O)NCC(=O)OCC)c1cccs1. The van der Waals surface area contributed by atoms with Crippen molar-refractivity contribution in [3.8, 4) is 23.8 Å². The molecular weight excluding hydrogens is 408 g/mol. The van der Waals surface area contributed by atoms with Crippen molar-refractivity contribution in [2.75, 3.05) is 32.3 Å². The van der Waals surface area contributed by atoms with Gasteiger partial charge in [-0.2, -0.15) is 0 Å². The largest absolute Gasteiger partial charge is 0.497 e. The van der Waals surface area contributed by atoms with E-state index in [0.29, 0.717) is 10.6 Å². The summed E-state index contributed by atoms with van der Waals surface area (Å²) in [6, 6.07) is 7.10. The zero-order valence-corrected chi connectivity index (χ0v) is 17.7. The topological polar surface area (TPSA) is 94.2 Å². The van der Waals surface area contributed by atoms with Crippen molar-refractivity contribution in [1.82, 2.24) is 5.32 Å². The highest BCUT2D eigenvalue weighted by atomic mass is 32.1. The average molecular weight is 430 g/mol. The molecule has 2 aromatic rings. The predicted octanol–water partition coefficient (Wildman–Crippen LogP) is 2.15. The van der Waals surface area contributed by atoms with Gasteiger partial charge in [-0.3, -0.25) is 19.3 Å². The number of carbonyl (C=O) groups is 3. The van der Waals surface area contributed by atoms with Gasteiger partial charge in [0.25, 0.3) is 0 Å². The molecule has 0 saturated heterocycles. The van der Waals surface area contributed by atoms with E-state index in [0.717, 1.165) is 4.90 Å². The summed E-state index contributed by atoms with van der Waals surface area (Å²) < 4.78 is 15.4. The van der Waals surface area contributed by atoms with Crippen LogP contribution in [0.5, 0.6) is 11.5 Å². The van der Waals surface area contributed by atoms with Crippen LogP contribution in [0.3, 0.4) is 0 Å². The Bertz CT molecular complexity index is 935. The minimum absolute atomic E-state index is 0.188. The van der Waals surface area contributed by atoms with Crippen LogP contribution in [0.1, 0.15) is 17.8 Å². The number of terminal acetylenes is 1. The van der Waals surface area contributed by atoms with E-state index in [1.54, 1.807) is 42.6 Å². The number of nitrogens with one attached hydrogen (secondary N) is 1. The molecule has 0 radical (unpaired) electrons. The summed E-state index contributed by atoms with van der Waals surface area (Å²) in [5, 5.41) is 4.28. The highest BCUT2D eigenvalue weighted by molar-refractivity contribution is 7.10. The summed E-state index contributed by atoms with van der Waals surface area (Å²) in [7, 11) is 2.92. The van der Waals surface area contributed by atoms with Crippen LogP contribution in [0, 0.1) is 12.3 Å². The van der Waals surface area contributed by atoms with Crippen LogP contribution in [0.4, 0.5) is 5.69 Å². The summed E-state index contributed by atoms with van der Waals surface area (Å²) in [5.41, 5.74) is 0.283. The number of methoxy groups -OCH3 is 2. The molecule has 1 aromatic heterocycles. The van der Waals surface area contributed by atoms with Gasteiger partial charge in [0.2, 0.25) is 5.91 Å². The molecule has 9 heteroatoms. The van der Waals surface area contributed by atoms with Crippen LogP contribution in [-0.4, -0.2) is 45.2 Å². The molecule has 0 fully saturated rings. The number of carbonyl (C=O) groups excluding carboxylic acids is 3. The number of esters is 1. The quantitative estimate of drug-likeness (QED) is 0.484. The van der Waals surface area contributed by atoms with Gasteiger partial charge >= 0.3 is 11.9 Å². The minimum atomic E-state index is -1.12. The van der Waals surface area contributed by atoms with E-state index < -0.39 is 23.8 Å². The van der Waals surface area contributed by atoms with Crippen molar-refractivity contribution in [2.24, 2.45) is 0 Å². The molecule has 0 aliphatic carbocycles. The molecule has 0 aliphatic heterocycles. The molecule has 1 N–H and O–H groups in total. The molecule has 0 bridgehead atoms. The van der Waals surface area contributed by atoms with Gasteiger partial charge in [-0.1, -0.05) is 6.07 Å². The van der Waals surface area contributed by atoms with Crippen LogP contribution in [0.25, 0.3) is 0 Å². The second-order valence-electron chi connectivity index (χ2n) is 5.80. The third-order valence-electron chi connectivity index (χ3n) is 4.02. The van der Waals surface area contributed by atoms with Gasteiger partial charge in [0.15, 0.2) is 6.04 Å². The molecule has 1 aromatic carbocycles. The minimum Gasteiger partial charge on any atom is -0.497 e. The number of anilines is 1. The number of rotatable bonds is 9. The normalized spacial score (nSPS) is 11.0. The van der Waals surface area contributed by atoms with E-state index in [9.17, 15) is 14.4 Å². The van der Waals surface area contributed by atoms with Crippen LogP contribution in [0.2, 0.25) is 0 Å². The summed E-state index contributed by atoms with van der Waals surface area (Å²) in [4.78, 5) is 39.2. The van der Waals surface area contributed by atoms with E-state index in [-0.39, 0.29) is 24.6 Å². The van der Waals surface area contributed by atoms with E-state index >= 15 is 0 Å². The van der Waals surface area contributed by atoms with Crippen LogP contribution in [0.15, 0.2) is 35.7 Å². The first kappa shape index (κ1) is 22.8. The Hall–Kier alpha value is -3.51. The van der Waals surface area contributed by atoms with Crippen molar-refractivity contribution in [1.29, 1.82) is 0 Å². The van der Waals surface area contributed by atoms with Gasteiger partial charge in [0, 0.05) is 10.9 Å². The highest BCUT2D eigenvalue weighted by Gasteiger charge is 2.35. The molecular formula is C21H22N2O6S. The standard InChI is InChI=1S/C21H22N2O6S/c1-5-18(24)23(15-10-9-14(27-3)12-16(15)28-4)20(17-8-7-11-30-17)21(26)22-13-19(25)29-6-2/h1,7-12,20H,6,13H2,2-4H3,(H,22,26). The van der Waals surface area contributed by atoms with Gasteiger partial charge in [-0.05, 0) is 36.4 Å². The average Bonchev–Trinajstić information content (AvgIpc) is 3.29.